The van der Waals surface area contributed by atoms with Crippen LogP contribution in [0.15, 0.2) is 21.8 Å². The molecule has 1 saturated carbocycles. The van der Waals surface area contributed by atoms with E-state index in [1.165, 1.54) is 19.3 Å². The fourth-order valence-electron chi connectivity index (χ4n) is 2.51. The van der Waals surface area contributed by atoms with Gasteiger partial charge in [-0.1, -0.05) is 13.3 Å². The molecular formula is C16H28IN3OS. The largest absolute Gasteiger partial charge is 0.383 e. The van der Waals surface area contributed by atoms with Crippen molar-refractivity contribution in [3.63, 3.8) is 0 Å². The maximum absolute atomic E-state index is 10.5. The minimum absolute atomic E-state index is 0. The van der Waals surface area contributed by atoms with Crippen LogP contribution in [0.4, 0.5) is 0 Å². The summed E-state index contributed by atoms with van der Waals surface area (Å²) < 4.78 is 0. The summed E-state index contributed by atoms with van der Waals surface area (Å²) in [6.07, 6.45) is 3.76. The summed E-state index contributed by atoms with van der Waals surface area (Å²) in [7, 11) is 0. The fraction of sp³-hybridized carbons (Fsp3) is 0.688. The Hall–Kier alpha value is -0.340. The fourth-order valence-corrected chi connectivity index (χ4v) is 3.29. The highest BCUT2D eigenvalue weighted by Crippen LogP contribution is 2.34. The number of halogens is 1. The molecule has 1 aliphatic carbocycles. The SMILES string of the molecule is CCCC1CC1NC(=NCC(C)(O)c1ccsc1)NCC.I. The summed E-state index contributed by atoms with van der Waals surface area (Å²) >= 11 is 1.60. The molecule has 1 fully saturated rings. The Morgan fingerprint density at radius 1 is 1.50 bits per heavy atom. The molecule has 0 spiro atoms. The van der Waals surface area contributed by atoms with E-state index in [0.29, 0.717) is 12.6 Å². The van der Waals surface area contributed by atoms with E-state index in [2.05, 4.69) is 29.5 Å². The number of hydrogen-bond acceptors (Lipinski definition) is 3. The van der Waals surface area contributed by atoms with E-state index in [1.807, 2.05) is 23.8 Å². The zero-order valence-electron chi connectivity index (χ0n) is 13.6. The first-order valence-corrected chi connectivity index (χ1v) is 8.81. The third-order valence-electron chi connectivity index (χ3n) is 3.94. The molecule has 0 aromatic carbocycles. The molecule has 1 aliphatic rings. The number of rotatable bonds is 7. The first kappa shape index (κ1) is 19.7. The normalized spacial score (nSPS) is 23.4. The van der Waals surface area contributed by atoms with E-state index in [9.17, 15) is 5.11 Å². The van der Waals surface area contributed by atoms with Crippen LogP contribution in [0.5, 0.6) is 0 Å². The minimum Gasteiger partial charge on any atom is -0.383 e. The van der Waals surface area contributed by atoms with Crippen molar-refractivity contribution in [2.24, 2.45) is 10.9 Å². The van der Waals surface area contributed by atoms with Crippen molar-refractivity contribution in [1.29, 1.82) is 0 Å². The molecule has 126 valence electrons. The molecule has 0 saturated heterocycles. The molecule has 3 unspecified atom stereocenters. The number of guanidine groups is 1. The van der Waals surface area contributed by atoms with Crippen LogP contribution in [0.3, 0.4) is 0 Å². The lowest BCUT2D eigenvalue weighted by molar-refractivity contribution is 0.0677. The molecule has 0 bridgehead atoms. The van der Waals surface area contributed by atoms with Crippen LogP contribution in [0.25, 0.3) is 0 Å². The van der Waals surface area contributed by atoms with Gasteiger partial charge in [0, 0.05) is 12.6 Å². The molecule has 22 heavy (non-hydrogen) atoms. The van der Waals surface area contributed by atoms with Crippen molar-refractivity contribution >= 4 is 41.3 Å². The first-order chi connectivity index (χ1) is 10.1. The van der Waals surface area contributed by atoms with Gasteiger partial charge in [0.15, 0.2) is 5.96 Å². The van der Waals surface area contributed by atoms with E-state index < -0.39 is 5.60 Å². The van der Waals surface area contributed by atoms with E-state index in [1.54, 1.807) is 11.3 Å². The topological polar surface area (TPSA) is 56.7 Å². The summed E-state index contributed by atoms with van der Waals surface area (Å²) in [5.41, 5.74) is 0.0247. The van der Waals surface area contributed by atoms with Crippen molar-refractivity contribution in [2.75, 3.05) is 13.1 Å². The predicted octanol–water partition coefficient (Wildman–Crippen LogP) is 3.32. The molecule has 0 radical (unpaired) electrons. The van der Waals surface area contributed by atoms with Crippen LogP contribution in [0.2, 0.25) is 0 Å². The zero-order valence-corrected chi connectivity index (χ0v) is 16.8. The van der Waals surface area contributed by atoms with Gasteiger partial charge in [-0.15, -0.1) is 24.0 Å². The van der Waals surface area contributed by atoms with Gasteiger partial charge >= 0.3 is 0 Å². The smallest absolute Gasteiger partial charge is 0.191 e. The third kappa shape index (κ3) is 5.70. The van der Waals surface area contributed by atoms with E-state index in [-0.39, 0.29) is 24.0 Å². The second-order valence-corrected chi connectivity index (χ2v) is 6.80. The Morgan fingerprint density at radius 3 is 2.86 bits per heavy atom. The van der Waals surface area contributed by atoms with Gasteiger partial charge in [0.05, 0.1) is 6.54 Å². The number of nitrogens with one attached hydrogen (secondary N) is 2. The van der Waals surface area contributed by atoms with Gasteiger partial charge in [-0.2, -0.15) is 11.3 Å². The average molecular weight is 437 g/mol. The molecule has 0 aliphatic heterocycles. The highest BCUT2D eigenvalue weighted by molar-refractivity contribution is 14.0. The van der Waals surface area contributed by atoms with E-state index in [0.717, 1.165) is 24.0 Å². The molecular weight excluding hydrogens is 409 g/mol. The molecule has 3 N–H and O–H groups in total. The van der Waals surface area contributed by atoms with Crippen LogP contribution in [0, 0.1) is 5.92 Å². The predicted molar refractivity (Wildman–Crippen MR) is 105 cm³/mol. The summed E-state index contributed by atoms with van der Waals surface area (Å²) in [5.74, 6) is 1.60. The lowest BCUT2D eigenvalue weighted by atomic mass is 10.00. The number of hydrogen-bond donors (Lipinski definition) is 3. The second kappa shape index (κ2) is 9.08. The molecule has 0 amide bonds. The zero-order chi connectivity index (χ0) is 15.3. The molecule has 1 aromatic rings. The maximum Gasteiger partial charge on any atom is 0.191 e. The van der Waals surface area contributed by atoms with Gasteiger partial charge in [0.2, 0.25) is 0 Å². The summed E-state index contributed by atoms with van der Waals surface area (Å²) in [6, 6.07) is 2.51. The van der Waals surface area contributed by atoms with Crippen LogP contribution in [-0.4, -0.2) is 30.2 Å². The lowest BCUT2D eigenvalue weighted by Gasteiger charge is -2.21. The van der Waals surface area contributed by atoms with E-state index in [4.69, 9.17) is 0 Å². The quantitative estimate of drug-likeness (QED) is 0.349. The number of aliphatic hydroxyl groups is 1. The molecule has 3 atom stereocenters. The van der Waals surface area contributed by atoms with Gasteiger partial charge < -0.3 is 15.7 Å². The van der Waals surface area contributed by atoms with Crippen LogP contribution in [0.1, 0.15) is 45.6 Å². The van der Waals surface area contributed by atoms with Crippen molar-refractivity contribution in [2.45, 2.75) is 51.7 Å². The van der Waals surface area contributed by atoms with Crippen molar-refractivity contribution in [3.8, 4) is 0 Å². The first-order valence-electron chi connectivity index (χ1n) is 7.86. The van der Waals surface area contributed by atoms with Gasteiger partial charge in [0.25, 0.3) is 0 Å². The minimum atomic E-state index is -0.908. The Balaban J connectivity index is 0.00000242. The second-order valence-electron chi connectivity index (χ2n) is 6.02. The van der Waals surface area contributed by atoms with Gasteiger partial charge in [-0.25, -0.2) is 4.99 Å². The van der Waals surface area contributed by atoms with Gasteiger partial charge in [-0.3, -0.25) is 0 Å². The van der Waals surface area contributed by atoms with Crippen molar-refractivity contribution in [3.05, 3.63) is 22.4 Å². The Morgan fingerprint density at radius 2 is 2.27 bits per heavy atom. The highest BCUT2D eigenvalue weighted by Gasteiger charge is 2.36. The van der Waals surface area contributed by atoms with Crippen LogP contribution in [-0.2, 0) is 5.60 Å². The number of thiophene rings is 1. The van der Waals surface area contributed by atoms with Crippen LogP contribution >= 0.6 is 35.3 Å². The summed E-state index contributed by atoms with van der Waals surface area (Å²) in [4.78, 5) is 4.56. The number of nitrogens with zero attached hydrogens (tertiary/aromatic N) is 1. The van der Waals surface area contributed by atoms with Crippen LogP contribution < -0.4 is 10.6 Å². The van der Waals surface area contributed by atoms with E-state index >= 15 is 0 Å². The van der Waals surface area contributed by atoms with Gasteiger partial charge in [-0.05, 0) is 55.0 Å². The maximum atomic E-state index is 10.5. The monoisotopic (exact) mass is 437 g/mol. The van der Waals surface area contributed by atoms with Crippen molar-refractivity contribution in [1.82, 2.24) is 10.6 Å². The number of aliphatic imine (C=N–C) groups is 1. The molecule has 2 rings (SSSR count). The van der Waals surface area contributed by atoms with Gasteiger partial charge in [0.1, 0.15) is 5.60 Å². The molecule has 6 heteroatoms. The Bertz CT molecular complexity index is 462. The van der Waals surface area contributed by atoms with Crippen molar-refractivity contribution < 1.29 is 5.11 Å². The molecule has 1 aromatic heterocycles. The summed E-state index contributed by atoms with van der Waals surface area (Å²) in [5, 5.41) is 21.2. The Labute approximate surface area is 154 Å². The standard InChI is InChI=1S/C16H27N3OS.HI/c1-4-6-12-9-14(12)19-15(17-5-2)18-11-16(3,20)13-7-8-21-10-13;/h7-8,10,12,14,20H,4-6,9,11H2,1-3H3,(H2,17,18,19);1H. The summed E-state index contributed by atoms with van der Waals surface area (Å²) in [6.45, 7) is 7.30. The Kier molecular flexibility index (Phi) is 8.13. The third-order valence-corrected chi connectivity index (χ3v) is 4.62. The molecule has 4 nitrogen and oxygen atoms in total. The average Bonchev–Trinajstić information content (AvgIpc) is 2.94. The molecule has 1 heterocycles. The lowest BCUT2D eigenvalue weighted by Crippen LogP contribution is -2.40. The highest BCUT2D eigenvalue weighted by atomic mass is 127.